The van der Waals surface area contributed by atoms with Crippen LogP contribution in [0.1, 0.15) is 23.2 Å². The second-order valence-electron chi connectivity index (χ2n) is 6.12. The molecule has 1 aromatic heterocycles. The molecule has 1 saturated heterocycles. The van der Waals surface area contributed by atoms with Gasteiger partial charge in [-0.1, -0.05) is 0 Å². The Bertz CT molecular complexity index is 1050. The zero-order valence-electron chi connectivity index (χ0n) is 13.9. The molecule has 1 N–H and O–H groups in total. The molecule has 26 heavy (non-hydrogen) atoms. The van der Waals surface area contributed by atoms with Crippen LogP contribution in [-0.2, 0) is 10.0 Å². The van der Waals surface area contributed by atoms with Gasteiger partial charge in [-0.05, 0) is 55.3 Å². The van der Waals surface area contributed by atoms with Gasteiger partial charge in [-0.3, -0.25) is 4.79 Å². The molecule has 1 aliphatic heterocycles. The molecular formula is C18H17N3O3S2. The number of carbonyl (C=O) groups excluding carboxylic acids is 1. The van der Waals surface area contributed by atoms with Crippen LogP contribution in [0.5, 0.6) is 0 Å². The zero-order chi connectivity index (χ0) is 18.1. The third-order valence-corrected chi connectivity index (χ3v) is 7.13. The van der Waals surface area contributed by atoms with Gasteiger partial charge in [-0.25, -0.2) is 13.4 Å². The SMILES string of the molecule is O=C(Nc1ccc2scnc2c1)c1ccc(S(=O)(=O)N2CCCC2)cc1. The van der Waals surface area contributed by atoms with Crippen LogP contribution in [0.3, 0.4) is 0 Å². The largest absolute Gasteiger partial charge is 0.322 e. The first-order valence-corrected chi connectivity index (χ1v) is 10.6. The summed E-state index contributed by atoms with van der Waals surface area (Å²) < 4.78 is 27.6. The normalized spacial score (nSPS) is 15.4. The monoisotopic (exact) mass is 387 g/mol. The van der Waals surface area contributed by atoms with Crippen molar-refractivity contribution in [2.24, 2.45) is 0 Å². The fourth-order valence-corrected chi connectivity index (χ4v) is 5.17. The number of hydrogen-bond donors (Lipinski definition) is 1. The summed E-state index contributed by atoms with van der Waals surface area (Å²) in [6.07, 6.45) is 1.78. The summed E-state index contributed by atoms with van der Waals surface area (Å²) in [5.74, 6) is -0.287. The molecule has 6 nitrogen and oxygen atoms in total. The minimum absolute atomic E-state index is 0.222. The number of nitrogens with zero attached hydrogens (tertiary/aromatic N) is 2. The van der Waals surface area contributed by atoms with E-state index in [4.69, 9.17) is 0 Å². The van der Waals surface area contributed by atoms with E-state index in [9.17, 15) is 13.2 Å². The number of rotatable bonds is 4. The van der Waals surface area contributed by atoms with Crippen LogP contribution in [0.4, 0.5) is 5.69 Å². The van der Waals surface area contributed by atoms with Gasteiger partial charge in [0.25, 0.3) is 5.91 Å². The number of anilines is 1. The lowest BCUT2D eigenvalue weighted by Gasteiger charge is -2.15. The van der Waals surface area contributed by atoms with Gasteiger partial charge in [0.15, 0.2) is 0 Å². The highest BCUT2D eigenvalue weighted by atomic mass is 32.2. The maximum Gasteiger partial charge on any atom is 0.255 e. The first-order valence-electron chi connectivity index (χ1n) is 8.29. The number of nitrogens with one attached hydrogen (secondary N) is 1. The fourth-order valence-electron chi connectivity index (χ4n) is 2.99. The van der Waals surface area contributed by atoms with Crippen LogP contribution in [-0.4, -0.2) is 36.7 Å². The summed E-state index contributed by atoms with van der Waals surface area (Å²) in [5, 5.41) is 2.82. The Morgan fingerprint density at radius 3 is 2.54 bits per heavy atom. The Kier molecular flexibility index (Phi) is 4.47. The molecule has 0 radical (unpaired) electrons. The van der Waals surface area contributed by atoms with E-state index in [1.807, 2.05) is 18.2 Å². The predicted molar refractivity (Wildman–Crippen MR) is 102 cm³/mol. The van der Waals surface area contributed by atoms with Gasteiger partial charge in [-0.2, -0.15) is 4.31 Å². The molecule has 1 aliphatic rings. The molecule has 0 saturated carbocycles. The lowest BCUT2D eigenvalue weighted by molar-refractivity contribution is 0.102. The van der Waals surface area contributed by atoms with E-state index >= 15 is 0 Å². The van der Waals surface area contributed by atoms with Crippen LogP contribution >= 0.6 is 11.3 Å². The van der Waals surface area contributed by atoms with Crippen LogP contribution in [0.25, 0.3) is 10.2 Å². The summed E-state index contributed by atoms with van der Waals surface area (Å²) in [6.45, 7) is 1.12. The standard InChI is InChI=1S/C18H17N3O3S2/c22-18(20-14-5-8-17-16(11-14)19-12-25-17)13-3-6-15(7-4-13)26(23,24)21-9-1-2-10-21/h3-8,11-12H,1-2,9-10H2,(H,20,22). The second-order valence-corrected chi connectivity index (χ2v) is 8.95. The highest BCUT2D eigenvalue weighted by molar-refractivity contribution is 7.89. The molecule has 1 amide bonds. The maximum absolute atomic E-state index is 12.5. The first-order chi connectivity index (χ1) is 12.5. The highest BCUT2D eigenvalue weighted by Crippen LogP contribution is 2.23. The van der Waals surface area contributed by atoms with Crippen molar-refractivity contribution in [3.05, 3.63) is 53.5 Å². The number of carbonyl (C=O) groups is 1. The van der Waals surface area contributed by atoms with Crippen LogP contribution in [0, 0.1) is 0 Å². The topological polar surface area (TPSA) is 79.4 Å². The third kappa shape index (κ3) is 3.23. The van der Waals surface area contributed by atoms with Crippen molar-refractivity contribution < 1.29 is 13.2 Å². The fraction of sp³-hybridized carbons (Fsp3) is 0.222. The Hall–Kier alpha value is -2.29. The Morgan fingerprint density at radius 1 is 1.08 bits per heavy atom. The molecule has 0 unspecified atom stereocenters. The number of amides is 1. The average Bonchev–Trinajstić information content (AvgIpc) is 3.33. The van der Waals surface area contributed by atoms with Crippen LogP contribution < -0.4 is 5.32 Å². The second kappa shape index (κ2) is 6.79. The molecule has 2 heterocycles. The Morgan fingerprint density at radius 2 is 1.81 bits per heavy atom. The molecule has 1 fully saturated rings. The van der Waals surface area contributed by atoms with Crippen molar-refractivity contribution in [3.8, 4) is 0 Å². The van der Waals surface area contributed by atoms with E-state index in [0.29, 0.717) is 24.3 Å². The minimum Gasteiger partial charge on any atom is -0.322 e. The molecule has 3 aromatic rings. The minimum atomic E-state index is -3.46. The molecule has 0 aliphatic carbocycles. The van der Waals surface area contributed by atoms with Crippen molar-refractivity contribution in [2.75, 3.05) is 18.4 Å². The van der Waals surface area contributed by atoms with E-state index < -0.39 is 10.0 Å². The molecule has 0 bridgehead atoms. The summed E-state index contributed by atoms with van der Waals surface area (Å²) in [6, 6.07) is 11.6. The van der Waals surface area contributed by atoms with E-state index in [1.165, 1.54) is 16.4 Å². The van der Waals surface area contributed by atoms with Gasteiger partial charge in [0, 0.05) is 24.3 Å². The summed E-state index contributed by atoms with van der Waals surface area (Å²) in [5.41, 5.74) is 3.65. The molecule has 2 aromatic carbocycles. The van der Waals surface area contributed by atoms with Crippen molar-refractivity contribution >= 4 is 43.2 Å². The molecule has 4 rings (SSSR count). The number of benzene rings is 2. The Labute approximate surface area is 155 Å². The smallest absolute Gasteiger partial charge is 0.255 e. The van der Waals surface area contributed by atoms with Crippen molar-refractivity contribution in [3.63, 3.8) is 0 Å². The summed E-state index contributed by atoms with van der Waals surface area (Å²) >= 11 is 1.54. The summed E-state index contributed by atoms with van der Waals surface area (Å²) in [4.78, 5) is 16.9. The molecule has 0 spiro atoms. The van der Waals surface area contributed by atoms with E-state index in [-0.39, 0.29) is 10.8 Å². The number of thiazole rings is 1. The van der Waals surface area contributed by atoms with E-state index in [1.54, 1.807) is 29.0 Å². The first kappa shape index (κ1) is 17.1. The zero-order valence-corrected chi connectivity index (χ0v) is 15.5. The molecule has 134 valence electrons. The van der Waals surface area contributed by atoms with Gasteiger partial charge in [0.2, 0.25) is 10.0 Å². The molecule has 0 atom stereocenters. The van der Waals surface area contributed by atoms with Crippen molar-refractivity contribution in [1.29, 1.82) is 0 Å². The van der Waals surface area contributed by atoms with Crippen molar-refractivity contribution in [1.82, 2.24) is 9.29 Å². The Balaban J connectivity index is 1.51. The quantitative estimate of drug-likeness (QED) is 0.745. The van der Waals surface area contributed by atoms with E-state index in [0.717, 1.165) is 23.1 Å². The maximum atomic E-state index is 12.5. The van der Waals surface area contributed by atoms with Gasteiger partial charge in [0.05, 0.1) is 20.6 Å². The number of hydrogen-bond acceptors (Lipinski definition) is 5. The number of sulfonamides is 1. The molecular weight excluding hydrogens is 370 g/mol. The number of fused-ring (bicyclic) bond motifs is 1. The lowest BCUT2D eigenvalue weighted by Crippen LogP contribution is -2.27. The molecule has 8 heteroatoms. The van der Waals surface area contributed by atoms with Crippen LogP contribution in [0.2, 0.25) is 0 Å². The van der Waals surface area contributed by atoms with Crippen molar-refractivity contribution in [2.45, 2.75) is 17.7 Å². The van der Waals surface area contributed by atoms with Crippen LogP contribution in [0.15, 0.2) is 52.9 Å². The highest BCUT2D eigenvalue weighted by Gasteiger charge is 2.27. The van der Waals surface area contributed by atoms with Gasteiger partial charge < -0.3 is 5.32 Å². The number of aromatic nitrogens is 1. The van der Waals surface area contributed by atoms with Gasteiger partial charge in [0.1, 0.15) is 0 Å². The third-order valence-electron chi connectivity index (χ3n) is 4.41. The predicted octanol–water partition coefficient (Wildman–Crippen LogP) is 3.33. The van der Waals surface area contributed by atoms with Gasteiger partial charge >= 0.3 is 0 Å². The van der Waals surface area contributed by atoms with E-state index in [2.05, 4.69) is 10.3 Å². The summed E-state index contributed by atoms with van der Waals surface area (Å²) in [7, 11) is -3.46. The van der Waals surface area contributed by atoms with Gasteiger partial charge in [-0.15, -0.1) is 11.3 Å². The average molecular weight is 387 g/mol. The lowest BCUT2D eigenvalue weighted by atomic mass is 10.2.